The van der Waals surface area contributed by atoms with Crippen molar-refractivity contribution >= 4 is 35.6 Å². The van der Waals surface area contributed by atoms with E-state index in [1.807, 2.05) is 0 Å². The first-order chi connectivity index (χ1) is 15.6. The third-order valence-electron chi connectivity index (χ3n) is 4.70. The molecule has 5 unspecified atom stereocenters. The summed E-state index contributed by atoms with van der Waals surface area (Å²) in [6.07, 6.45) is -2.52. The molecule has 0 bridgehead atoms. The van der Waals surface area contributed by atoms with Crippen LogP contribution in [0.4, 0.5) is 0 Å². The number of carbonyl (C=O) groups excluding carboxylic acids is 4. The highest BCUT2D eigenvalue weighted by atomic mass is 16.4. The molecule has 194 valence electrons. The van der Waals surface area contributed by atoms with Gasteiger partial charge in [-0.3, -0.25) is 24.0 Å². The standard InChI is InChI=1S/C20H35N5O9/c1-9(2)8-13(20(33)34)24-18(31)12(5-6-14(22)27)23-19(32)16(10(3)26)25-17(30)11(21)4-7-15(28)29/h9-13,16,26H,4-8,21H2,1-3H3,(H2,22,27)(H,23,32)(H,24,31)(H,25,30)(H,28,29)(H,33,34). The fourth-order valence-electron chi connectivity index (χ4n) is 2.86. The van der Waals surface area contributed by atoms with Gasteiger partial charge in [0, 0.05) is 12.8 Å². The van der Waals surface area contributed by atoms with Gasteiger partial charge in [-0.25, -0.2) is 4.79 Å². The maximum absolute atomic E-state index is 12.7. The molecule has 5 atom stereocenters. The summed E-state index contributed by atoms with van der Waals surface area (Å²) in [6.45, 7) is 4.70. The molecule has 4 amide bonds. The van der Waals surface area contributed by atoms with Crippen LogP contribution in [-0.4, -0.2) is 81.2 Å². The maximum Gasteiger partial charge on any atom is 0.326 e. The molecule has 0 aromatic heterocycles. The molecule has 0 aromatic rings. The lowest BCUT2D eigenvalue weighted by molar-refractivity contribution is -0.143. The van der Waals surface area contributed by atoms with E-state index in [9.17, 15) is 39.0 Å². The van der Waals surface area contributed by atoms with E-state index in [0.29, 0.717) is 0 Å². The number of amides is 4. The number of aliphatic hydroxyl groups excluding tert-OH is 1. The van der Waals surface area contributed by atoms with Gasteiger partial charge in [-0.1, -0.05) is 13.8 Å². The molecular weight excluding hydrogens is 454 g/mol. The van der Waals surface area contributed by atoms with E-state index in [1.165, 1.54) is 6.92 Å². The number of nitrogens with two attached hydrogens (primary N) is 2. The molecule has 0 rings (SSSR count). The van der Waals surface area contributed by atoms with Crippen molar-refractivity contribution < 1.29 is 44.1 Å². The van der Waals surface area contributed by atoms with Crippen LogP contribution < -0.4 is 27.4 Å². The number of aliphatic carboxylic acids is 2. The molecule has 34 heavy (non-hydrogen) atoms. The average molecular weight is 490 g/mol. The summed E-state index contributed by atoms with van der Waals surface area (Å²) in [5.41, 5.74) is 10.7. The lowest BCUT2D eigenvalue weighted by Gasteiger charge is -2.26. The van der Waals surface area contributed by atoms with Crippen LogP contribution >= 0.6 is 0 Å². The Hall–Kier alpha value is -3.26. The van der Waals surface area contributed by atoms with E-state index < -0.39 is 72.3 Å². The van der Waals surface area contributed by atoms with Crippen molar-refractivity contribution in [1.82, 2.24) is 16.0 Å². The molecule has 10 N–H and O–H groups in total. The zero-order chi connectivity index (χ0) is 26.6. The van der Waals surface area contributed by atoms with Gasteiger partial charge in [0.25, 0.3) is 0 Å². The molecule has 0 aromatic carbocycles. The van der Waals surface area contributed by atoms with Crippen molar-refractivity contribution in [2.24, 2.45) is 17.4 Å². The smallest absolute Gasteiger partial charge is 0.326 e. The Bertz CT molecular complexity index is 757. The topological polar surface area (TPSA) is 251 Å². The number of primary amides is 1. The number of carboxylic acids is 2. The van der Waals surface area contributed by atoms with Gasteiger partial charge in [-0.15, -0.1) is 0 Å². The van der Waals surface area contributed by atoms with Gasteiger partial charge in [0.05, 0.1) is 12.1 Å². The van der Waals surface area contributed by atoms with Crippen molar-refractivity contribution in [1.29, 1.82) is 0 Å². The van der Waals surface area contributed by atoms with Crippen LogP contribution in [0.3, 0.4) is 0 Å². The minimum absolute atomic E-state index is 0.0692. The molecule has 0 aliphatic carbocycles. The third-order valence-corrected chi connectivity index (χ3v) is 4.70. The van der Waals surface area contributed by atoms with Gasteiger partial charge in [0.1, 0.15) is 18.1 Å². The molecule has 0 aliphatic rings. The van der Waals surface area contributed by atoms with E-state index in [0.717, 1.165) is 0 Å². The number of nitrogens with one attached hydrogen (secondary N) is 3. The normalized spacial score (nSPS) is 15.4. The first-order valence-electron chi connectivity index (χ1n) is 10.7. The zero-order valence-electron chi connectivity index (χ0n) is 19.4. The van der Waals surface area contributed by atoms with Crippen LogP contribution in [0, 0.1) is 5.92 Å². The van der Waals surface area contributed by atoms with Crippen LogP contribution in [0.15, 0.2) is 0 Å². The monoisotopic (exact) mass is 489 g/mol. The second kappa shape index (κ2) is 14.8. The lowest BCUT2D eigenvalue weighted by atomic mass is 10.0. The van der Waals surface area contributed by atoms with Gasteiger partial charge >= 0.3 is 11.9 Å². The summed E-state index contributed by atoms with van der Waals surface area (Å²) >= 11 is 0. The number of carboxylic acid groups (broad SMARTS) is 2. The average Bonchev–Trinajstić information content (AvgIpc) is 2.71. The molecule has 0 spiro atoms. The van der Waals surface area contributed by atoms with Crippen LogP contribution in [0.2, 0.25) is 0 Å². The minimum Gasteiger partial charge on any atom is -0.481 e. The minimum atomic E-state index is -1.57. The quantitative estimate of drug-likeness (QED) is 0.112. The molecule has 0 fully saturated rings. The summed E-state index contributed by atoms with van der Waals surface area (Å²) in [7, 11) is 0. The van der Waals surface area contributed by atoms with E-state index in [4.69, 9.17) is 16.6 Å². The van der Waals surface area contributed by atoms with E-state index in [2.05, 4.69) is 16.0 Å². The third kappa shape index (κ3) is 12.1. The van der Waals surface area contributed by atoms with E-state index in [1.54, 1.807) is 13.8 Å². The Balaban J connectivity index is 5.47. The molecule has 14 nitrogen and oxygen atoms in total. The molecule has 0 saturated carbocycles. The van der Waals surface area contributed by atoms with Crippen LogP contribution in [-0.2, 0) is 28.8 Å². The molecule has 0 saturated heterocycles. The molecular formula is C20H35N5O9. The van der Waals surface area contributed by atoms with Crippen LogP contribution in [0.5, 0.6) is 0 Å². The lowest BCUT2D eigenvalue weighted by Crippen LogP contribution is -2.59. The van der Waals surface area contributed by atoms with E-state index >= 15 is 0 Å². The van der Waals surface area contributed by atoms with Gasteiger partial charge in [0.15, 0.2) is 0 Å². The predicted octanol–water partition coefficient (Wildman–Crippen LogP) is -2.59. The number of hydrogen-bond donors (Lipinski definition) is 8. The molecule has 0 aliphatic heterocycles. The Morgan fingerprint density at radius 3 is 1.79 bits per heavy atom. The fourth-order valence-corrected chi connectivity index (χ4v) is 2.86. The van der Waals surface area contributed by atoms with Crippen molar-refractivity contribution in [3.63, 3.8) is 0 Å². The summed E-state index contributed by atoms with van der Waals surface area (Å²) < 4.78 is 0. The number of hydrogen-bond acceptors (Lipinski definition) is 8. The second-order valence-corrected chi connectivity index (χ2v) is 8.36. The second-order valence-electron chi connectivity index (χ2n) is 8.36. The number of aliphatic hydroxyl groups is 1. The SMILES string of the molecule is CC(C)CC(NC(=O)C(CCC(N)=O)NC(=O)C(NC(=O)C(N)CCC(=O)O)C(C)O)C(=O)O. The number of carbonyl (C=O) groups is 6. The highest BCUT2D eigenvalue weighted by Crippen LogP contribution is 2.07. The van der Waals surface area contributed by atoms with Crippen LogP contribution in [0.25, 0.3) is 0 Å². The highest BCUT2D eigenvalue weighted by Gasteiger charge is 2.32. The largest absolute Gasteiger partial charge is 0.481 e. The predicted molar refractivity (Wildman–Crippen MR) is 118 cm³/mol. The van der Waals surface area contributed by atoms with Crippen molar-refractivity contribution in [3.8, 4) is 0 Å². The first kappa shape index (κ1) is 30.7. The van der Waals surface area contributed by atoms with Crippen molar-refractivity contribution in [3.05, 3.63) is 0 Å². The first-order valence-corrected chi connectivity index (χ1v) is 10.7. The Morgan fingerprint density at radius 2 is 1.35 bits per heavy atom. The summed E-state index contributed by atoms with van der Waals surface area (Å²) in [5.74, 6) is -6.09. The van der Waals surface area contributed by atoms with Crippen molar-refractivity contribution in [2.75, 3.05) is 0 Å². The Kier molecular flexibility index (Phi) is 13.4. The zero-order valence-corrected chi connectivity index (χ0v) is 19.4. The molecule has 0 radical (unpaired) electrons. The van der Waals surface area contributed by atoms with Crippen molar-refractivity contribution in [2.45, 2.75) is 83.1 Å². The van der Waals surface area contributed by atoms with Gasteiger partial charge in [-0.2, -0.15) is 0 Å². The molecule has 0 heterocycles. The summed E-state index contributed by atoms with van der Waals surface area (Å²) in [6, 6.07) is -5.49. The highest BCUT2D eigenvalue weighted by molar-refractivity contribution is 5.94. The summed E-state index contributed by atoms with van der Waals surface area (Å²) in [4.78, 5) is 70.9. The number of rotatable bonds is 16. The van der Waals surface area contributed by atoms with Gasteiger partial charge in [0.2, 0.25) is 23.6 Å². The van der Waals surface area contributed by atoms with E-state index in [-0.39, 0.29) is 31.6 Å². The van der Waals surface area contributed by atoms with Gasteiger partial charge in [-0.05, 0) is 32.1 Å². The summed E-state index contributed by atoms with van der Waals surface area (Å²) in [5, 5.41) is 34.8. The maximum atomic E-state index is 12.7. The Labute approximate surface area is 196 Å². The fraction of sp³-hybridized carbons (Fsp3) is 0.700. The Morgan fingerprint density at radius 1 is 0.794 bits per heavy atom. The van der Waals surface area contributed by atoms with Gasteiger partial charge < -0.3 is 42.7 Å². The molecule has 14 heteroatoms. The van der Waals surface area contributed by atoms with Crippen LogP contribution in [0.1, 0.15) is 52.9 Å².